The average Bonchev–Trinajstić information content (AvgIpc) is 2.45. The van der Waals surface area contributed by atoms with Crippen LogP contribution in [0.4, 0.5) is 0 Å². The van der Waals surface area contributed by atoms with Crippen LogP contribution in [0.1, 0.15) is 37.0 Å². The first-order chi connectivity index (χ1) is 9.59. The molecule has 1 aromatic rings. The standard InChI is InChI=1S/C15H22ClN3O/c1-11(2)19(10-12-3-6-17-7-4-12)15(20)13-5-8-18-9-14(13)16/h5,8-9,11-12,17H,3-4,6-7,10H2,1-2H3. The van der Waals surface area contributed by atoms with Crippen molar-refractivity contribution in [1.82, 2.24) is 15.2 Å². The molecular formula is C15H22ClN3O. The first-order valence-corrected chi connectivity index (χ1v) is 7.58. The number of halogens is 1. The van der Waals surface area contributed by atoms with Gasteiger partial charge in [0.25, 0.3) is 5.91 Å². The average molecular weight is 296 g/mol. The largest absolute Gasteiger partial charge is 0.336 e. The number of aromatic nitrogens is 1. The maximum absolute atomic E-state index is 12.7. The fourth-order valence-corrected chi connectivity index (χ4v) is 2.77. The van der Waals surface area contributed by atoms with Gasteiger partial charge in [-0.3, -0.25) is 9.78 Å². The molecule has 1 N–H and O–H groups in total. The molecule has 0 spiro atoms. The summed E-state index contributed by atoms with van der Waals surface area (Å²) < 4.78 is 0. The molecule has 0 aromatic carbocycles. The number of nitrogens with zero attached hydrogens (tertiary/aromatic N) is 2. The highest BCUT2D eigenvalue weighted by Crippen LogP contribution is 2.20. The van der Waals surface area contributed by atoms with Crippen LogP contribution in [0, 0.1) is 5.92 Å². The summed E-state index contributed by atoms with van der Waals surface area (Å²) in [6.45, 7) is 6.99. The summed E-state index contributed by atoms with van der Waals surface area (Å²) in [6.07, 6.45) is 5.39. The van der Waals surface area contributed by atoms with Gasteiger partial charge in [0.2, 0.25) is 0 Å². The van der Waals surface area contributed by atoms with E-state index in [-0.39, 0.29) is 11.9 Å². The van der Waals surface area contributed by atoms with Gasteiger partial charge in [-0.05, 0) is 51.8 Å². The van der Waals surface area contributed by atoms with E-state index in [1.54, 1.807) is 12.3 Å². The van der Waals surface area contributed by atoms with Crippen LogP contribution >= 0.6 is 11.6 Å². The van der Waals surface area contributed by atoms with Crippen LogP contribution in [0.5, 0.6) is 0 Å². The lowest BCUT2D eigenvalue weighted by Gasteiger charge is -2.33. The Morgan fingerprint density at radius 2 is 2.20 bits per heavy atom. The first kappa shape index (κ1) is 15.3. The third kappa shape index (κ3) is 3.70. The lowest BCUT2D eigenvalue weighted by Crippen LogP contribution is -2.43. The molecule has 1 amide bonds. The van der Waals surface area contributed by atoms with Gasteiger partial charge in [-0.2, -0.15) is 0 Å². The quantitative estimate of drug-likeness (QED) is 0.928. The van der Waals surface area contributed by atoms with Crippen molar-refractivity contribution in [1.29, 1.82) is 0 Å². The molecule has 0 saturated carbocycles. The number of carbonyl (C=O) groups is 1. The van der Waals surface area contributed by atoms with Crippen molar-refractivity contribution < 1.29 is 4.79 Å². The summed E-state index contributed by atoms with van der Waals surface area (Å²) in [5.41, 5.74) is 0.546. The summed E-state index contributed by atoms with van der Waals surface area (Å²) in [4.78, 5) is 18.5. The van der Waals surface area contributed by atoms with E-state index in [1.807, 2.05) is 18.7 Å². The number of nitrogens with one attached hydrogen (secondary N) is 1. The predicted molar refractivity (Wildman–Crippen MR) is 81.0 cm³/mol. The monoisotopic (exact) mass is 295 g/mol. The van der Waals surface area contributed by atoms with Crippen molar-refractivity contribution in [3.05, 3.63) is 29.0 Å². The normalized spacial score (nSPS) is 16.4. The van der Waals surface area contributed by atoms with Gasteiger partial charge < -0.3 is 10.2 Å². The Morgan fingerprint density at radius 1 is 1.50 bits per heavy atom. The Kier molecular flexibility index (Phi) is 5.38. The minimum absolute atomic E-state index is 0.00549. The van der Waals surface area contributed by atoms with Crippen molar-refractivity contribution in [2.75, 3.05) is 19.6 Å². The molecule has 1 aromatic heterocycles. The van der Waals surface area contributed by atoms with Gasteiger partial charge in [0.15, 0.2) is 0 Å². The number of pyridine rings is 1. The zero-order valence-corrected chi connectivity index (χ0v) is 12.9. The number of hydrogen-bond donors (Lipinski definition) is 1. The highest BCUT2D eigenvalue weighted by atomic mass is 35.5. The summed E-state index contributed by atoms with van der Waals surface area (Å²) in [7, 11) is 0. The predicted octanol–water partition coefficient (Wildman–Crippen LogP) is 2.59. The fraction of sp³-hybridized carbons (Fsp3) is 0.600. The van der Waals surface area contributed by atoms with E-state index in [1.165, 1.54) is 6.20 Å². The molecule has 1 aliphatic rings. The molecule has 1 saturated heterocycles. The van der Waals surface area contributed by atoms with Gasteiger partial charge >= 0.3 is 0 Å². The smallest absolute Gasteiger partial charge is 0.255 e. The number of rotatable bonds is 4. The second-order valence-electron chi connectivity index (χ2n) is 5.60. The highest BCUT2D eigenvalue weighted by molar-refractivity contribution is 6.33. The zero-order chi connectivity index (χ0) is 14.5. The van der Waals surface area contributed by atoms with Crippen molar-refractivity contribution in [3.8, 4) is 0 Å². The van der Waals surface area contributed by atoms with Crippen molar-refractivity contribution in [2.45, 2.75) is 32.7 Å². The van der Waals surface area contributed by atoms with Gasteiger partial charge in [0.1, 0.15) is 0 Å². The fourth-order valence-electron chi connectivity index (χ4n) is 2.57. The van der Waals surface area contributed by atoms with Crippen LogP contribution in [0.3, 0.4) is 0 Å². The molecule has 2 heterocycles. The molecule has 2 rings (SSSR count). The lowest BCUT2D eigenvalue weighted by molar-refractivity contribution is 0.0658. The minimum Gasteiger partial charge on any atom is -0.336 e. The molecule has 0 atom stereocenters. The van der Waals surface area contributed by atoms with Crippen LogP contribution < -0.4 is 5.32 Å². The second kappa shape index (κ2) is 7.04. The summed E-state index contributed by atoms with van der Waals surface area (Å²) >= 11 is 6.09. The second-order valence-corrected chi connectivity index (χ2v) is 6.01. The van der Waals surface area contributed by atoms with E-state index in [0.29, 0.717) is 16.5 Å². The van der Waals surface area contributed by atoms with Crippen LogP contribution in [0.15, 0.2) is 18.5 Å². The molecule has 110 valence electrons. The van der Waals surface area contributed by atoms with E-state index in [9.17, 15) is 4.79 Å². The Morgan fingerprint density at radius 3 is 2.80 bits per heavy atom. The van der Waals surface area contributed by atoms with Crippen LogP contribution in [0.25, 0.3) is 0 Å². The van der Waals surface area contributed by atoms with Gasteiger partial charge in [-0.25, -0.2) is 0 Å². The molecule has 1 aliphatic heterocycles. The minimum atomic E-state index is 0.00549. The van der Waals surface area contributed by atoms with E-state index in [4.69, 9.17) is 11.6 Å². The molecule has 0 bridgehead atoms. The number of hydrogen-bond acceptors (Lipinski definition) is 3. The van der Waals surface area contributed by atoms with E-state index in [0.717, 1.165) is 32.5 Å². The Labute approximate surface area is 125 Å². The molecule has 4 nitrogen and oxygen atoms in total. The van der Waals surface area contributed by atoms with Crippen molar-refractivity contribution in [2.24, 2.45) is 5.92 Å². The first-order valence-electron chi connectivity index (χ1n) is 7.20. The summed E-state index contributed by atoms with van der Waals surface area (Å²) in [5, 5.41) is 3.78. The maximum Gasteiger partial charge on any atom is 0.255 e. The molecule has 0 radical (unpaired) electrons. The van der Waals surface area contributed by atoms with Gasteiger partial charge in [-0.1, -0.05) is 11.6 Å². The van der Waals surface area contributed by atoms with E-state index in [2.05, 4.69) is 10.3 Å². The number of carbonyl (C=O) groups excluding carboxylic acids is 1. The summed E-state index contributed by atoms with van der Waals surface area (Å²) in [5.74, 6) is 0.578. The maximum atomic E-state index is 12.7. The van der Waals surface area contributed by atoms with Crippen molar-refractivity contribution in [3.63, 3.8) is 0 Å². The highest BCUT2D eigenvalue weighted by Gasteiger charge is 2.25. The topological polar surface area (TPSA) is 45.2 Å². The van der Waals surface area contributed by atoms with E-state index >= 15 is 0 Å². The molecule has 0 unspecified atom stereocenters. The van der Waals surface area contributed by atoms with E-state index < -0.39 is 0 Å². The van der Waals surface area contributed by atoms with Gasteiger partial charge in [0, 0.05) is 25.0 Å². The SMILES string of the molecule is CC(C)N(CC1CCNCC1)C(=O)c1ccncc1Cl. The molecule has 0 aliphatic carbocycles. The van der Waals surface area contributed by atoms with Crippen LogP contribution in [-0.4, -0.2) is 41.5 Å². The van der Waals surface area contributed by atoms with Crippen LogP contribution in [0.2, 0.25) is 5.02 Å². The molecule has 20 heavy (non-hydrogen) atoms. The van der Waals surface area contributed by atoms with Gasteiger partial charge in [-0.15, -0.1) is 0 Å². The molecule has 5 heteroatoms. The molecule has 1 fully saturated rings. The van der Waals surface area contributed by atoms with Gasteiger partial charge in [0.05, 0.1) is 10.6 Å². The van der Waals surface area contributed by atoms with Crippen LogP contribution in [-0.2, 0) is 0 Å². The Hall–Kier alpha value is -1.13. The third-order valence-electron chi connectivity index (χ3n) is 3.80. The Bertz CT molecular complexity index is 458. The van der Waals surface area contributed by atoms with Crippen molar-refractivity contribution >= 4 is 17.5 Å². The third-order valence-corrected chi connectivity index (χ3v) is 4.10. The summed E-state index contributed by atoms with van der Waals surface area (Å²) in [6, 6.07) is 1.87. The number of amides is 1. The molecular weight excluding hydrogens is 274 g/mol. The Balaban J connectivity index is 2.11. The lowest BCUT2D eigenvalue weighted by atomic mass is 9.96. The number of piperidine rings is 1. The zero-order valence-electron chi connectivity index (χ0n) is 12.1.